The fraction of sp³-hybridized carbons (Fsp3) is 0.588. The molecule has 0 aliphatic carbocycles. The zero-order valence-corrected chi connectivity index (χ0v) is 14.9. The molecule has 1 aliphatic rings. The minimum Gasteiger partial charge on any atom is -0.338 e. The van der Waals surface area contributed by atoms with Crippen LogP contribution in [0, 0.1) is 11.7 Å². The number of hydrogen-bond acceptors (Lipinski definition) is 4. The molecular weight excluding hydrogens is 331 g/mol. The van der Waals surface area contributed by atoms with Crippen LogP contribution < -0.4 is 5.73 Å². The Balaban J connectivity index is 2.09. The van der Waals surface area contributed by atoms with Crippen LogP contribution in [0.15, 0.2) is 29.2 Å². The van der Waals surface area contributed by atoms with Crippen LogP contribution in [0.4, 0.5) is 4.39 Å². The SMILES string of the molecule is CC1CCN(C(=O)CC(C)S(=O)(=O)c2ccc(F)cc2)C(CN)C1. The third-order valence-corrected chi connectivity index (χ3v) is 6.86. The molecule has 3 atom stereocenters. The molecular formula is C17H25FN2O3S. The van der Waals surface area contributed by atoms with E-state index in [0.29, 0.717) is 19.0 Å². The van der Waals surface area contributed by atoms with Gasteiger partial charge in [-0.15, -0.1) is 0 Å². The second-order valence-corrected chi connectivity index (χ2v) is 8.99. The van der Waals surface area contributed by atoms with Crippen LogP contribution in [0.1, 0.15) is 33.1 Å². The van der Waals surface area contributed by atoms with Gasteiger partial charge in [0.2, 0.25) is 5.91 Å². The van der Waals surface area contributed by atoms with Gasteiger partial charge in [-0.2, -0.15) is 0 Å². The minimum atomic E-state index is -3.67. The Morgan fingerprint density at radius 1 is 1.38 bits per heavy atom. The molecule has 1 heterocycles. The normalized spacial score (nSPS) is 23.1. The number of likely N-dealkylation sites (tertiary alicyclic amines) is 1. The molecule has 134 valence electrons. The van der Waals surface area contributed by atoms with Crippen molar-refractivity contribution < 1.29 is 17.6 Å². The average molecular weight is 356 g/mol. The lowest BCUT2D eigenvalue weighted by Gasteiger charge is -2.38. The van der Waals surface area contributed by atoms with Gasteiger partial charge >= 0.3 is 0 Å². The number of nitrogens with zero attached hydrogens (tertiary/aromatic N) is 1. The van der Waals surface area contributed by atoms with Crippen LogP contribution in [-0.2, 0) is 14.6 Å². The summed E-state index contributed by atoms with van der Waals surface area (Å²) in [6.45, 7) is 4.65. The van der Waals surface area contributed by atoms with E-state index in [0.717, 1.165) is 25.0 Å². The molecule has 0 saturated carbocycles. The molecule has 1 fully saturated rings. The maximum absolute atomic E-state index is 13.0. The molecule has 2 rings (SSSR count). The summed E-state index contributed by atoms with van der Waals surface area (Å²) >= 11 is 0. The summed E-state index contributed by atoms with van der Waals surface area (Å²) in [7, 11) is -3.67. The van der Waals surface area contributed by atoms with Gasteiger partial charge in [0.25, 0.3) is 0 Å². The number of carbonyl (C=O) groups excluding carboxylic acids is 1. The number of sulfone groups is 1. The van der Waals surface area contributed by atoms with Crippen molar-refractivity contribution in [1.82, 2.24) is 4.90 Å². The number of halogens is 1. The number of nitrogens with two attached hydrogens (primary N) is 1. The zero-order valence-electron chi connectivity index (χ0n) is 14.1. The van der Waals surface area contributed by atoms with Crippen molar-refractivity contribution in [2.24, 2.45) is 11.7 Å². The van der Waals surface area contributed by atoms with Crippen LogP contribution in [0.3, 0.4) is 0 Å². The molecule has 1 aromatic rings. The first-order valence-electron chi connectivity index (χ1n) is 8.24. The van der Waals surface area contributed by atoms with Crippen LogP contribution in [-0.4, -0.2) is 43.6 Å². The monoisotopic (exact) mass is 356 g/mol. The number of benzene rings is 1. The number of amides is 1. The summed E-state index contributed by atoms with van der Waals surface area (Å²) in [6, 6.07) is 4.66. The Morgan fingerprint density at radius 2 is 2.00 bits per heavy atom. The first kappa shape index (κ1) is 18.9. The first-order valence-corrected chi connectivity index (χ1v) is 9.79. The number of hydrogen-bond donors (Lipinski definition) is 1. The van der Waals surface area contributed by atoms with E-state index in [1.807, 2.05) is 0 Å². The number of rotatable bonds is 5. The molecule has 5 nitrogen and oxygen atoms in total. The molecule has 2 N–H and O–H groups in total. The van der Waals surface area contributed by atoms with Crippen molar-refractivity contribution in [3.63, 3.8) is 0 Å². The van der Waals surface area contributed by atoms with Gasteiger partial charge in [0.15, 0.2) is 9.84 Å². The Hall–Kier alpha value is -1.47. The highest BCUT2D eigenvalue weighted by molar-refractivity contribution is 7.92. The largest absolute Gasteiger partial charge is 0.338 e. The van der Waals surface area contributed by atoms with Gasteiger partial charge in [-0.1, -0.05) is 6.92 Å². The fourth-order valence-electron chi connectivity index (χ4n) is 3.13. The Morgan fingerprint density at radius 3 is 2.58 bits per heavy atom. The van der Waals surface area contributed by atoms with E-state index < -0.39 is 20.9 Å². The molecule has 1 aromatic carbocycles. The van der Waals surface area contributed by atoms with E-state index in [9.17, 15) is 17.6 Å². The van der Waals surface area contributed by atoms with E-state index in [1.54, 1.807) is 4.90 Å². The molecule has 0 aromatic heterocycles. The van der Waals surface area contributed by atoms with Crippen molar-refractivity contribution >= 4 is 15.7 Å². The first-order chi connectivity index (χ1) is 11.3. The van der Waals surface area contributed by atoms with E-state index in [-0.39, 0.29) is 23.3 Å². The average Bonchev–Trinajstić information content (AvgIpc) is 2.54. The van der Waals surface area contributed by atoms with Gasteiger partial charge < -0.3 is 10.6 Å². The van der Waals surface area contributed by atoms with Crippen molar-refractivity contribution in [2.45, 2.75) is 49.3 Å². The minimum absolute atomic E-state index is 0.0259. The van der Waals surface area contributed by atoms with Crippen LogP contribution in [0.25, 0.3) is 0 Å². The summed E-state index contributed by atoms with van der Waals surface area (Å²) in [5.74, 6) is -0.163. The third-order valence-electron chi connectivity index (χ3n) is 4.70. The van der Waals surface area contributed by atoms with E-state index >= 15 is 0 Å². The second kappa shape index (κ2) is 7.61. The lowest BCUT2D eigenvalue weighted by Crippen LogP contribution is -2.50. The van der Waals surface area contributed by atoms with Crippen molar-refractivity contribution in [3.05, 3.63) is 30.1 Å². The molecule has 1 aliphatic heterocycles. The lowest BCUT2D eigenvalue weighted by molar-refractivity contribution is -0.135. The van der Waals surface area contributed by atoms with Gasteiger partial charge in [-0.25, -0.2) is 12.8 Å². The van der Waals surface area contributed by atoms with Gasteiger partial charge in [0.1, 0.15) is 5.82 Å². The predicted octanol–water partition coefficient (Wildman–Crippen LogP) is 1.96. The van der Waals surface area contributed by atoms with Crippen LogP contribution in [0.2, 0.25) is 0 Å². The third kappa shape index (κ3) is 4.13. The number of piperidine rings is 1. The maximum Gasteiger partial charge on any atom is 0.224 e. The second-order valence-electron chi connectivity index (χ2n) is 6.62. The molecule has 0 spiro atoms. The highest BCUT2D eigenvalue weighted by Crippen LogP contribution is 2.25. The Labute approximate surface area is 142 Å². The van der Waals surface area contributed by atoms with Gasteiger partial charge in [0, 0.05) is 25.6 Å². The fourth-order valence-corrected chi connectivity index (χ4v) is 4.47. The summed E-state index contributed by atoms with van der Waals surface area (Å²) in [6.07, 6.45) is 1.66. The Bertz CT molecular complexity index is 676. The lowest BCUT2D eigenvalue weighted by atomic mass is 9.92. The molecule has 0 bridgehead atoms. The van der Waals surface area contributed by atoms with Gasteiger partial charge in [-0.05, 0) is 49.9 Å². The van der Waals surface area contributed by atoms with Crippen LogP contribution in [0.5, 0.6) is 0 Å². The van der Waals surface area contributed by atoms with Gasteiger partial charge in [-0.3, -0.25) is 4.79 Å². The quantitative estimate of drug-likeness (QED) is 0.818. The molecule has 0 radical (unpaired) electrons. The highest BCUT2D eigenvalue weighted by atomic mass is 32.2. The Kier molecular flexibility index (Phi) is 5.98. The summed E-state index contributed by atoms with van der Waals surface area (Å²) in [4.78, 5) is 14.3. The van der Waals surface area contributed by atoms with E-state index in [1.165, 1.54) is 19.1 Å². The van der Waals surface area contributed by atoms with Crippen LogP contribution >= 0.6 is 0 Å². The van der Waals surface area contributed by atoms with Crippen molar-refractivity contribution in [1.29, 1.82) is 0 Å². The molecule has 3 unspecified atom stereocenters. The standard InChI is InChI=1S/C17H25FN2O3S/c1-12-7-8-20(15(9-12)11-19)17(21)10-13(2)24(22,23)16-5-3-14(18)4-6-16/h3-6,12-13,15H,7-11,19H2,1-2H3. The highest BCUT2D eigenvalue weighted by Gasteiger charge is 2.32. The van der Waals surface area contributed by atoms with Crippen molar-refractivity contribution in [3.8, 4) is 0 Å². The summed E-state index contributed by atoms with van der Waals surface area (Å²) in [5, 5.41) is -0.867. The molecule has 24 heavy (non-hydrogen) atoms. The topological polar surface area (TPSA) is 80.5 Å². The summed E-state index contributed by atoms with van der Waals surface area (Å²) in [5.41, 5.74) is 5.77. The van der Waals surface area contributed by atoms with E-state index in [4.69, 9.17) is 5.73 Å². The number of carbonyl (C=O) groups is 1. The molecule has 1 amide bonds. The zero-order chi connectivity index (χ0) is 17.9. The maximum atomic E-state index is 13.0. The molecule has 1 saturated heterocycles. The predicted molar refractivity (Wildman–Crippen MR) is 90.6 cm³/mol. The smallest absolute Gasteiger partial charge is 0.224 e. The molecule has 7 heteroatoms. The van der Waals surface area contributed by atoms with Crippen molar-refractivity contribution in [2.75, 3.05) is 13.1 Å². The van der Waals surface area contributed by atoms with Gasteiger partial charge in [0.05, 0.1) is 10.1 Å². The summed E-state index contributed by atoms with van der Waals surface area (Å²) < 4.78 is 38.1. The van der Waals surface area contributed by atoms with E-state index in [2.05, 4.69) is 6.92 Å².